The van der Waals surface area contributed by atoms with Crippen molar-refractivity contribution < 1.29 is 9.47 Å². The summed E-state index contributed by atoms with van der Waals surface area (Å²) in [7, 11) is 3.23. The third-order valence-corrected chi connectivity index (χ3v) is 2.24. The summed E-state index contributed by atoms with van der Waals surface area (Å²) in [6, 6.07) is 7.27. The molecule has 1 aromatic carbocycles. The van der Waals surface area contributed by atoms with Crippen molar-refractivity contribution >= 4 is 16.7 Å². The second-order valence-corrected chi connectivity index (χ2v) is 3.10. The topological polar surface area (TPSA) is 57.4 Å². The molecule has 4 heteroatoms. The van der Waals surface area contributed by atoms with Gasteiger partial charge in [0.25, 0.3) is 0 Å². The molecule has 2 rings (SSSR count). The van der Waals surface area contributed by atoms with Crippen molar-refractivity contribution in [1.29, 1.82) is 0 Å². The van der Waals surface area contributed by atoms with Crippen LogP contribution in [0.25, 0.3) is 10.9 Å². The number of rotatable bonds is 2. The largest absolute Gasteiger partial charge is 0.496 e. The molecule has 0 unspecified atom stereocenters. The number of hydrogen-bond donors (Lipinski definition) is 1. The molecule has 0 fully saturated rings. The highest BCUT2D eigenvalue weighted by Crippen LogP contribution is 2.31. The molecule has 0 saturated heterocycles. The van der Waals surface area contributed by atoms with E-state index in [1.807, 2.05) is 18.2 Å². The van der Waals surface area contributed by atoms with Gasteiger partial charge in [-0.3, -0.25) is 0 Å². The number of fused-ring (bicyclic) bond motifs is 1. The fourth-order valence-electron chi connectivity index (χ4n) is 1.52. The van der Waals surface area contributed by atoms with Crippen LogP contribution in [-0.2, 0) is 0 Å². The molecule has 2 N–H and O–H groups in total. The van der Waals surface area contributed by atoms with Gasteiger partial charge < -0.3 is 15.2 Å². The van der Waals surface area contributed by atoms with Gasteiger partial charge in [-0.1, -0.05) is 0 Å². The fraction of sp³-hybridized carbons (Fsp3) is 0.182. The van der Waals surface area contributed by atoms with Gasteiger partial charge in [-0.2, -0.15) is 0 Å². The maximum Gasteiger partial charge on any atom is 0.145 e. The quantitative estimate of drug-likeness (QED) is 0.810. The normalized spacial score (nSPS) is 10.3. The summed E-state index contributed by atoms with van der Waals surface area (Å²) < 4.78 is 10.4. The lowest BCUT2D eigenvalue weighted by Gasteiger charge is -2.08. The number of hydrogen-bond acceptors (Lipinski definition) is 4. The minimum absolute atomic E-state index is 0.467. The molecule has 0 aliphatic rings. The number of methoxy groups -OCH3 is 2. The Morgan fingerprint density at radius 3 is 2.33 bits per heavy atom. The Morgan fingerprint density at radius 1 is 1.00 bits per heavy atom. The Hall–Kier alpha value is -1.97. The van der Waals surface area contributed by atoms with Crippen LogP contribution in [-0.4, -0.2) is 19.2 Å². The van der Waals surface area contributed by atoms with E-state index in [9.17, 15) is 0 Å². The SMILES string of the molecule is COc1ccc(OC)c2nc(N)ccc12. The Kier molecular flexibility index (Phi) is 2.33. The van der Waals surface area contributed by atoms with Crippen LogP contribution in [0.4, 0.5) is 5.82 Å². The van der Waals surface area contributed by atoms with Crippen LogP contribution in [0.15, 0.2) is 24.3 Å². The maximum atomic E-state index is 5.63. The number of nitrogen functional groups attached to an aromatic ring is 1. The third kappa shape index (κ3) is 1.54. The van der Waals surface area contributed by atoms with Crippen LogP contribution in [0.1, 0.15) is 0 Å². The Balaban J connectivity index is 2.80. The van der Waals surface area contributed by atoms with Crippen molar-refractivity contribution in [3.8, 4) is 11.5 Å². The minimum atomic E-state index is 0.467. The van der Waals surface area contributed by atoms with Crippen molar-refractivity contribution in [3.63, 3.8) is 0 Å². The van der Waals surface area contributed by atoms with E-state index in [4.69, 9.17) is 15.2 Å². The summed E-state index contributed by atoms with van der Waals surface area (Å²) in [5.41, 5.74) is 6.35. The van der Waals surface area contributed by atoms with Crippen molar-refractivity contribution in [2.24, 2.45) is 0 Å². The molecule has 2 aromatic rings. The monoisotopic (exact) mass is 204 g/mol. The predicted molar refractivity (Wildman–Crippen MR) is 59.3 cm³/mol. The van der Waals surface area contributed by atoms with E-state index >= 15 is 0 Å². The van der Waals surface area contributed by atoms with Crippen LogP contribution >= 0.6 is 0 Å². The average molecular weight is 204 g/mol. The van der Waals surface area contributed by atoms with Crippen LogP contribution in [0, 0.1) is 0 Å². The summed E-state index contributed by atoms with van der Waals surface area (Å²) in [6.45, 7) is 0. The molecule has 15 heavy (non-hydrogen) atoms. The van der Waals surface area contributed by atoms with Crippen LogP contribution in [0.3, 0.4) is 0 Å². The van der Waals surface area contributed by atoms with E-state index in [0.29, 0.717) is 11.6 Å². The number of nitrogens with two attached hydrogens (primary N) is 1. The van der Waals surface area contributed by atoms with Gasteiger partial charge in [0.05, 0.1) is 14.2 Å². The number of ether oxygens (including phenoxy) is 2. The first-order chi connectivity index (χ1) is 7.26. The predicted octanol–water partition coefficient (Wildman–Crippen LogP) is 1.83. The van der Waals surface area contributed by atoms with Gasteiger partial charge in [-0.15, -0.1) is 0 Å². The van der Waals surface area contributed by atoms with E-state index < -0.39 is 0 Å². The molecular weight excluding hydrogens is 192 g/mol. The standard InChI is InChI=1S/C11H12N2O2/c1-14-8-4-5-9(15-2)11-7(8)3-6-10(12)13-11/h3-6H,1-2H3,(H2,12,13). The zero-order chi connectivity index (χ0) is 10.8. The molecule has 0 atom stereocenters. The van der Waals surface area contributed by atoms with E-state index in [0.717, 1.165) is 16.7 Å². The van der Waals surface area contributed by atoms with Gasteiger partial charge in [0.2, 0.25) is 0 Å². The number of aromatic nitrogens is 1. The molecule has 0 saturated carbocycles. The molecular formula is C11H12N2O2. The van der Waals surface area contributed by atoms with E-state index in [-0.39, 0.29) is 0 Å². The van der Waals surface area contributed by atoms with Crippen LogP contribution in [0.2, 0.25) is 0 Å². The molecule has 0 bridgehead atoms. The molecule has 1 aromatic heterocycles. The van der Waals surface area contributed by atoms with E-state index in [1.165, 1.54) is 0 Å². The van der Waals surface area contributed by atoms with E-state index in [2.05, 4.69) is 4.98 Å². The summed E-state index contributed by atoms with van der Waals surface area (Å²) in [6.07, 6.45) is 0. The van der Waals surface area contributed by atoms with Crippen molar-refractivity contribution in [1.82, 2.24) is 4.98 Å². The molecule has 0 aliphatic heterocycles. The van der Waals surface area contributed by atoms with Crippen molar-refractivity contribution in [2.75, 3.05) is 20.0 Å². The Morgan fingerprint density at radius 2 is 1.67 bits per heavy atom. The molecule has 0 aliphatic carbocycles. The lowest BCUT2D eigenvalue weighted by molar-refractivity contribution is 0.410. The summed E-state index contributed by atoms with van der Waals surface area (Å²) >= 11 is 0. The van der Waals surface area contributed by atoms with Crippen molar-refractivity contribution in [2.45, 2.75) is 0 Å². The van der Waals surface area contributed by atoms with E-state index in [1.54, 1.807) is 20.3 Å². The highest BCUT2D eigenvalue weighted by atomic mass is 16.5. The lowest BCUT2D eigenvalue weighted by Crippen LogP contribution is -1.94. The van der Waals surface area contributed by atoms with Gasteiger partial charge in [0.15, 0.2) is 0 Å². The molecule has 0 radical (unpaired) electrons. The number of benzene rings is 1. The zero-order valence-corrected chi connectivity index (χ0v) is 8.65. The van der Waals surface area contributed by atoms with Gasteiger partial charge in [0, 0.05) is 5.39 Å². The highest BCUT2D eigenvalue weighted by molar-refractivity contribution is 5.91. The number of pyridine rings is 1. The molecule has 0 spiro atoms. The number of nitrogens with zero attached hydrogens (tertiary/aromatic N) is 1. The smallest absolute Gasteiger partial charge is 0.145 e. The fourth-order valence-corrected chi connectivity index (χ4v) is 1.52. The van der Waals surface area contributed by atoms with Crippen LogP contribution in [0.5, 0.6) is 11.5 Å². The summed E-state index contributed by atoms with van der Waals surface area (Å²) in [4.78, 5) is 4.23. The summed E-state index contributed by atoms with van der Waals surface area (Å²) in [5.74, 6) is 1.92. The second kappa shape index (κ2) is 3.65. The molecule has 0 amide bonds. The molecule has 1 heterocycles. The van der Waals surface area contributed by atoms with Gasteiger partial charge >= 0.3 is 0 Å². The third-order valence-electron chi connectivity index (χ3n) is 2.24. The van der Waals surface area contributed by atoms with Crippen molar-refractivity contribution in [3.05, 3.63) is 24.3 Å². The molecule has 78 valence electrons. The Labute approximate surface area is 87.6 Å². The Bertz CT molecular complexity index is 497. The minimum Gasteiger partial charge on any atom is -0.496 e. The highest BCUT2D eigenvalue weighted by Gasteiger charge is 2.08. The van der Waals surface area contributed by atoms with Crippen LogP contribution < -0.4 is 15.2 Å². The first-order valence-corrected chi connectivity index (χ1v) is 4.53. The molecule has 4 nitrogen and oxygen atoms in total. The average Bonchev–Trinajstić information content (AvgIpc) is 2.27. The zero-order valence-electron chi connectivity index (χ0n) is 8.65. The first-order valence-electron chi connectivity index (χ1n) is 4.53. The second-order valence-electron chi connectivity index (χ2n) is 3.10. The van der Waals surface area contributed by atoms with Gasteiger partial charge in [-0.05, 0) is 24.3 Å². The van der Waals surface area contributed by atoms with Gasteiger partial charge in [-0.25, -0.2) is 4.98 Å². The maximum absolute atomic E-state index is 5.63. The summed E-state index contributed by atoms with van der Waals surface area (Å²) in [5, 5.41) is 0.894. The lowest BCUT2D eigenvalue weighted by atomic mass is 10.2. The first kappa shape index (κ1) is 9.58. The van der Waals surface area contributed by atoms with Gasteiger partial charge in [0.1, 0.15) is 22.8 Å². The number of anilines is 1.